The zero-order valence-electron chi connectivity index (χ0n) is 11.0. The molecule has 3 N–H and O–H groups in total. The summed E-state index contributed by atoms with van der Waals surface area (Å²) < 4.78 is 0. The summed E-state index contributed by atoms with van der Waals surface area (Å²) in [4.78, 5) is 4.10. The molecular formula is C16H18N2O. The normalized spacial score (nSPS) is 16.3. The number of pyridine rings is 1. The predicted octanol–water partition coefficient (Wildman–Crippen LogP) is 2.42. The van der Waals surface area contributed by atoms with E-state index in [2.05, 4.69) is 29.2 Å². The maximum Gasteiger partial charge on any atom is 0.129 e. The van der Waals surface area contributed by atoms with Crippen molar-refractivity contribution in [2.24, 2.45) is 5.92 Å². The second-order valence-corrected chi connectivity index (χ2v) is 5.31. The van der Waals surface area contributed by atoms with Crippen LogP contribution in [-0.2, 0) is 12.8 Å². The number of nitrogens with zero attached hydrogens (tertiary/aromatic N) is 1. The number of fused-ring (bicyclic) bond motifs is 1. The van der Waals surface area contributed by atoms with Crippen LogP contribution in [0.5, 0.6) is 0 Å². The van der Waals surface area contributed by atoms with Crippen LogP contribution in [0.15, 0.2) is 36.5 Å². The third-order valence-corrected chi connectivity index (χ3v) is 4.06. The Morgan fingerprint density at radius 3 is 2.42 bits per heavy atom. The van der Waals surface area contributed by atoms with Crippen molar-refractivity contribution >= 4 is 5.82 Å². The molecule has 1 unspecified atom stereocenters. The number of aliphatic hydroxyl groups excluding tert-OH is 1. The van der Waals surface area contributed by atoms with Gasteiger partial charge in [0.05, 0.1) is 6.10 Å². The fourth-order valence-corrected chi connectivity index (χ4v) is 3.03. The lowest BCUT2D eigenvalue weighted by atomic mass is 9.91. The van der Waals surface area contributed by atoms with E-state index in [1.165, 1.54) is 11.1 Å². The molecule has 3 rings (SSSR count). The lowest BCUT2D eigenvalue weighted by Crippen LogP contribution is -2.16. The Bertz CT molecular complexity index is 564. The van der Waals surface area contributed by atoms with Gasteiger partial charge in [-0.25, -0.2) is 4.98 Å². The van der Waals surface area contributed by atoms with Crippen molar-refractivity contribution in [3.05, 3.63) is 58.8 Å². The number of aliphatic hydroxyl groups is 1. The number of nitrogen functional groups attached to an aromatic ring is 1. The quantitative estimate of drug-likeness (QED) is 0.865. The van der Waals surface area contributed by atoms with Crippen LogP contribution in [0, 0.1) is 12.8 Å². The highest BCUT2D eigenvalue weighted by Gasteiger charge is 2.30. The van der Waals surface area contributed by atoms with Gasteiger partial charge in [0, 0.05) is 11.8 Å². The van der Waals surface area contributed by atoms with E-state index < -0.39 is 6.10 Å². The molecule has 1 aromatic heterocycles. The lowest BCUT2D eigenvalue weighted by Gasteiger charge is -2.21. The van der Waals surface area contributed by atoms with Crippen molar-refractivity contribution in [3.63, 3.8) is 0 Å². The zero-order chi connectivity index (χ0) is 13.4. The van der Waals surface area contributed by atoms with Gasteiger partial charge in [0.1, 0.15) is 5.82 Å². The van der Waals surface area contributed by atoms with E-state index in [0.29, 0.717) is 5.82 Å². The van der Waals surface area contributed by atoms with Gasteiger partial charge in [-0.2, -0.15) is 0 Å². The van der Waals surface area contributed by atoms with Crippen LogP contribution in [0.1, 0.15) is 28.4 Å². The lowest BCUT2D eigenvalue weighted by molar-refractivity contribution is 0.113. The third-order valence-electron chi connectivity index (χ3n) is 4.06. The largest absolute Gasteiger partial charge is 0.388 e. The van der Waals surface area contributed by atoms with Crippen LogP contribution in [0.4, 0.5) is 5.82 Å². The highest BCUT2D eigenvalue weighted by atomic mass is 16.3. The van der Waals surface area contributed by atoms with E-state index in [0.717, 1.165) is 24.0 Å². The molecule has 0 radical (unpaired) electrons. The number of aryl methyl sites for hydroxylation is 1. The molecule has 1 atom stereocenters. The number of benzene rings is 1. The van der Waals surface area contributed by atoms with Crippen molar-refractivity contribution in [3.8, 4) is 0 Å². The first-order chi connectivity index (χ1) is 9.16. The van der Waals surface area contributed by atoms with Gasteiger partial charge < -0.3 is 10.8 Å². The summed E-state index contributed by atoms with van der Waals surface area (Å²) in [5, 5.41) is 10.6. The standard InChI is InChI=1S/C16H18N2O/c1-10-6-7-18-16(17)14(10)15(19)13-8-11-4-2-3-5-12(11)9-13/h2-7,13,15,19H,8-9H2,1H3,(H2,17,18). The molecule has 0 spiro atoms. The molecule has 0 saturated carbocycles. The Morgan fingerprint density at radius 1 is 1.21 bits per heavy atom. The molecule has 0 fully saturated rings. The Morgan fingerprint density at radius 2 is 1.84 bits per heavy atom. The summed E-state index contributed by atoms with van der Waals surface area (Å²) in [5.41, 5.74) is 10.4. The molecule has 1 aromatic carbocycles. The van der Waals surface area contributed by atoms with Crippen LogP contribution in [0.2, 0.25) is 0 Å². The molecule has 1 aliphatic carbocycles. The highest BCUT2D eigenvalue weighted by Crippen LogP contribution is 2.37. The minimum Gasteiger partial charge on any atom is -0.388 e. The summed E-state index contributed by atoms with van der Waals surface area (Å²) >= 11 is 0. The summed E-state index contributed by atoms with van der Waals surface area (Å²) in [6, 6.07) is 10.3. The van der Waals surface area contributed by atoms with Crippen molar-refractivity contribution in [1.29, 1.82) is 0 Å². The Kier molecular flexibility index (Phi) is 2.99. The summed E-state index contributed by atoms with van der Waals surface area (Å²) in [5.74, 6) is 0.644. The van der Waals surface area contributed by atoms with Gasteiger partial charge in [0.25, 0.3) is 0 Å². The first-order valence-electron chi connectivity index (χ1n) is 6.62. The monoisotopic (exact) mass is 254 g/mol. The van der Waals surface area contributed by atoms with E-state index >= 15 is 0 Å². The van der Waals surface area contributed by atoms with E-state index in [9.17, 15) is 5.11 Å². The minimum atomic E-state index is -0.541. The van der Waals surface area contributed by atoms with Gasteiger partial charge in [-0.15, -0.1) is 0 Å². The Labute approximate surface area is 113 Å². The maximum absolute atomic E-state index is 10.6. The molecule has 3 heteroatoms. The van der Waals surface area contributed by atoms with Crippen LogP contribution >= 0.6 is 0 Å². The Hall–Kier alpha value is -1.87. The topological polar surface area (TPSA) is 59.1 Å². The highest BCUT2D eigenvalue weighted by molar-refractivity contribution is 5.46. The van der Waals surface area contributed by atoms with Crippen molar-refractivity contribution in [2.45, 2.75) is 25.9 Å². The van der Waals surface area contributed by atoms with Crippen molar-refractivity contribution < 1.29 is 5.11 Å². The fourth-order valence-electron chi connectivity index (χ4n) is 3.03. The van der Waals surface area contributed by atoms with Crippen LogP contribution in [0.3, 0.4) is 0 Å². The summed E-state index contributed by atoms with van der Waals surface area (Å²) in [7, 11) is 0. The van der Waals surface area contributed by atoms with Crippen LogP contribution < -0.4 is 5.73 Å². The third kappa shape index (κ3) is 2.10. The maximum atomic E-state index is 10.6. The smallest absolute Gasteiger partial charge is 0.129 e. The van der Waals surface area contributed by atoms with E-state index in [1.807, 2.05) is 13.0 Å². The molecule has 3 nitrogen and oxygen atoms in total. The number of hydrogen-bond acceptors (Lipinski definition) is 3. The zero-order valence-corrected chi connectivity index (χ0v) is 11.0. The molecular weight excluding hydrogens is 236 g/mol. The predicted molar refractivity (Wildman–Crippen MR) is 75.7 cm³/mol. The SMILES string of the molecule is Cc1ccnc(N)c1C(O)C1Cc2ccccc2C1. The minimum absolute atomic E-state index is 0.197. The first-order valence-corrected chi connectivity index (χ1v) is 6.62. The molecule has 1 aliphatic rings. The summed E-state index contributed by atoms with van der Waals surface area (Å²) in [6.07, 6.45) is 2.96. The molecule has 0 amide bonds. The Balaban J connectivity index is 1.89. The molecule has 19 heavy (non-hydrogen) atoms. The van der Waals surface area contributed by atoms with Crippen molar-refractivity contribution in [2.75, 3.05) is 5.73 Å². The number of rotatable bonds is 2. The van der Waals surface area contributed by atoms with Gasteiger partial charge in [-0.3, -0.25) is 0 Å². The van der Waals surface area contributed by atoms with E-state index in [-0.39, 0.29) is 5.92 Å². The number of hydrogen-bond donors (Lipinski definition) is 2. The van der Waals surface area contributed by atoms with Gasteiger partial charge >= 0.3 is 0 Å². The van der Waals surface area contributed by atoms with Gasteiger partial charge in [0.2, 0.25) is 0 Å². The van der Waals surface area contributed by atoms with Crippen LogP contribution in [-0.4, -0.2) is 10.1 Å². The first kappa shape index (κ1) is 12.2. The van der Waals surface area contributed by atoms with Gasteiger partial charge in [0.15, 0.2) is 0 Å². The molecule has 0 aliphatic heterocycles. The van der Waals surface area contributed by atoms with E-state index in [1.54, 1.807) is 6.20 Å². The molecule has 1 heterocycles. The number of aromatic nitrogens is 1. The van der Waals surface area contributed by atoms with Crippen LogP contribution in [0.25, 0.3) is 0 Å². The number of anilines is 1. The number of nitrogens with two attached hydrogens (primary N) is 1. The fraction of sp³-hybridized carbons (Fsp3) is 0.312. The molecule has 98 valence electrons. The summed E-state index contributed by atoms with van der Waals surface area (Å²) in [6.45, 7) is 1.97. The van der Waals surface area contributed by atoms with Gasteiger partial charge in [-0.05, 0) is 48.4 Å². The van der Waals surface area contributed by atoms with E-state index in [4.69, 9.17) is 5.73 Å². The molecule has 2 aromatic rings. The average molecular weight is 254 g/mol. The average Bonchev–Trinajstić information content (AvgIpc) is 2.82. The van der Waals surface area contributed by atoms with Crippen molar-refractivity contribution in [1.82, 2.24) is 4.98 Å². The molecule has 0 bridgehead atoms. The molecule has 0 saturated heterocycles. The second kappa shape index (κ2) is 4.67. The second-order valence-electron chi connectivity index (χ2n) is 5.31. The van der Waals surface area contributed by atoms with Gasteiger partial charge in [-0.1, -0.05) is 24.3 Å².